The third-order valence-corrected chi connectivity index (χ3v) is 0. The minimum Gasteiger partial charge on any atom is -0.394 e. The summed E-state index contributed by atoms with van der Waals surface area (Å²) in [7, 11) is 0. The summed E-state index contributed by atoms with van der Waals surface area (Å²) in [6.45, 7) is 1.68. The van der Waals surface area contributed by atoms with Gasteiger partial charge in [0.1, 0.15) is 0 Å². The van der Waals surface area contributed by atoms with Crippen molar-refractivity contribution in [2.45, 2.75) is 6.92 Å². The number of hydrogen-bond acceptors (Lipinski definition) is 3. The molecule has 0 aromatic heterocycles. The van der Waals surface area contributed by atoms with Crippen molar-refractivity contribution in [3.05, 3.63) is 0 Å². The van der Waals surface area contributed by atoms with Crippen molar-refractivity contribution in [2.75, 3.05) is 0 Å². The van der Waals surface area contributed by atoms with Crippen LogP contribution in [0.4, 0.5) is 0 Å². The molecule has 7 heavy (non-hydrogen) atoms. The summed E-state index contributed by atoms with van der Waals surface area (Å²) in [5, 5.41) is 0. The Bertz CT molecular complexity index is 78.2. The van der Waals surface area contributed by atoms with Crippen LogP contribution in [0.5, 0.6) is 0 Å². The van der Waals surface area contributed by atoms with E-state index < -0.39 is 0 Å². The lowest BCUT2D eigenvalue weighted by atomic mass is 10.8. The summed E-state index contributed by atoms with van der Waals surface area (Å²) in [6.07, 6.45) is 0. The van der Waals surface area contributed by atoms with Gasteiger partial charge in [-0.1, -0.05) is 12.2 Å². The van der Waals surface area contributed by atoms with Gasteiger partial charge in [0.25, 0.3) is 0 Å². The lowest BCUT2D eigenvalue weighted by Crippen LogP contribution is -1.98. The highest BCUT2D eigenvalue weighted by molar-refractivity contribution is 7.93. The maximum atomic E-state index is 4.84. The van der Waals surface area contributed by atoms with Crippen LogP contribution >= 0.6 is 36.7 Å². The fourth-order valence-electron chi connectivity index (χ4n) is 0. The van der Waals surface area contributed by atoms with Gasteiger partial charge in [0.05, 0.1) is 4.99 Å². The van der Waals surface area contributed by atoms with E-state index in [9.17, 15) is 0 Å². The summed E-state index contributed by atoms with van der Waals surface area (Å²) in [6, 6.07) is 0. The molecule has 0 aromatic carbocycles. The first-order chi connectivity index (χ1) is 3.15. The second-order valence-electron chi connectivity index (χ2n) is 0.694. The molecule has 0 fully saturated rings. The fourth-order valence-corrected chi connectivity index (χ4v) is 0. The van der Waals surface area contributed by atoms with Crippen LogP contribution < -0.4 is 5.73 Å². The Kier molecular flexibility index (Phi) is 13.7. The van der Waals surface area contributed by atoms with Crippen molar-refractivity contribution in [1.82, 2.24) is 0 Å². The Labute approximate surface area is 58.9 Å². The molecule has 1 nitrogen and oxygen atoms in total. The summed E-state index contributed by atoms with van der Waals surface area (Å²) in [4.78, 5) is 0.500. The summed E-state index contributed by atoms with van der Waals surface area (Å²) >= 11 is 12.2. The predicted molar refractivity (Wildman–Crippen MR) is 42.6 cm³/mol. The van der Waals surface area contributed by atoms with Gasteiger partial charge in [-0.3, -0.25) is 0 Å². The second-order valence-corrected chi connectivity index (χ2v) is 2.00. The number of hydrogen-bond donors (Lipinski definition) is 1. The van der Waals surface area contributed by atoms with E-state index in [0.29, 0.717) is 4.99 Å². The van der Waals surface area contributed by atoms with Crippen molar-refractivity contribution in [3.8, 4) is 0 Å². The predicted octanol–water partition coefficient (Wildman–Crippen LogP) is 1.31. The van der Waals surface area contributed by atoms with Crippen LogP contribution in [0.2, 0.25) is 0 Å². The van der Waals surface area contributed by atoms with E-state index in [1.807, 2.05) is 4.31 Å². The standard InChI is InChI=1S/C2H5NS.CS2/c1-2(3)4;2-1-3/h1H3,(H2,3,4);. The maximum absolute atomic E-state index is 4.84. The Morgan fingerprint density at radius 3 is 1.57 bits per heavy atom. The Morgan fingerprint density at radius 2 is 1.57 bits per heavy atom. The zero-order valence-corrected chi connectivity index (χ0v) is 6.25. The van der Waals surface area contributed by atoms with Gasteiger partial charge in [-0.2, -0.15) is 0 Å². The molecule has 2 N–H and O–H groups in total. The largest absolute Gasteiger partial charge is 0.394 e. The number of rotatable bonds is 0. The number of thiocarbonyl (C=S) groups is 3. The van der Waals surface area contributed by atoms with Crippen molar-refractivity contribution in [3.63, 3.8) is 0 Å². The van der Waals surface area contributed by atoms with E-state index in [2.05, 4.69) is 36.7 Å². The molecule has 0 atom stereocenters. The first-order valence-electron chi connectivity index (χ1n) is 1.40. The van der Waals surface area contributed by atoms with Gasteiger partial charge >= 0.3 is 0 Å². The van der Waals surface area contributed by atoms with E-state index >= 15 is 0 Å². The highest BCUT2D eigenvalue weighted by atomic mass is 32.1. The van der Waals surface area contributed by atoms with Crippen molar-refractivity contribution >= 4 is 46.0 Å². The van der Waals surface area contributed by atoms with Crippen LogP contribution in [0.15, 0.2) is 0 Å². The van der Waals surface area contributed by atoms with Gasteiger partial charge in [0.15, 0.2) is 0 Å². The van der Waals surface area contributed by atoms with E-state index in [1.165, 1.54) is 0 Å². The lowest BCUT2D eigenvalue weighted by molar-refractivity contribution is 1.73. The normalized spacial score (nSPS) is 4.71. The van der Waals surface area contributed by atoms with Crippen LogP contribution in [0.25, 0.3) is 0 Å². The minimum atomic E-state index is 0.500. The molecule has 0 unspecified atom stereocenters. The summed E-state index contributed by atoms with van der Waals surface area (Å²) in [5.74, 6) is 0. The van der Waals surface area contributed by atoms with Crippen molar-refractivity contribution in [1.29, 1.82) is 0 Å². The highest BCUT2D eigenvalue weighted by Crippen LogP contribution is 1.48. The van der Waals surface area contributed by atoms with Crippen LogP contribution in [-0.2, 0) is 0 Å². The molecule has 0 aliphatic carbocycles. The Morgan fingerprint density at radius 1 is 1.57 bits per heavy atom. The first kappa shape index (κ1) is 10.2. The van der Waals surface area contributed by atoms with Crippen molar-refractivity contribution < 1.29 is 0 Å². The summed E-state index contributed by atoms with van der Waals surface area (Å²) < 4.78 is 1.92. The quantitative estimate of drug-likeness (QED) is 0.528. The monoisotopic (exact) mass is 151 g/mol. The van der Waals surface area contributed by atoms with Crippen LogP contribution in [0.1, 0.15) is 6.92 Å². The molecule has 0 spiro atoms. The molecule has 0 radical (unpaired) electrons. The molecule has 0 aliphatic rings. The van der Waals surface area contributed by atoms with Crippen LogP contribution in [0.3, 0.4) is 0 Å². The van der Waals surface area contributed by atoms with Gasteiger partial charge in [-0.05, 0) is 31.4 Å². The van der Waals surface area contributed by atoms with Gasteiger partial charge in [-0.15, -0.1) is 0 Å². The van der Waals surface area contributed by atoms with Crippen LogP contribution in [0, 0.1) is 0 Å². The zero-order valence-electron chi connectivity index (χ0n) is 3.80. The van der Waals surface area contributed by atoms with E-state index in [0.717, 1.165) is 0 Å². The maximum Gasteiger partial charge on any atom is 0.0695 e. The van der Waals surface area contributed by atoms with Gasteiger partial charge in [0.2, 0.25) is 0 Å². The smallest absolute Gasteiger partial charge is 0.0695 e. The molecule has 0 amide bonds. The lowest BCUT2D eigenvalue weighted by Gasteiger charge is -1.65. The second kappa shape index (κ2) is 9.44. The van der Waals surface area contributed by atoms with Gasteiger partial charge in [0, 0.05) is 4.31 Å². The van der Waals surface area contributed by atoms with Gasteiger partial charge in [-0.25, -0.2) is 0 Å². The molecule has 0 aliphatic heterocycles. The fraction of sp³-hybridized carbons (Fsp3) is 0.333. The zero-order chi connectivity index (χ0) is 6.28. The van der Waals surface area contributed by atoms with Gasteiger partial charge < -0.3 is 5.73 Å². The third kappa shape index (κ3) is 8530. The molecule has 4 heteroatoms. The molecule has 0 heterocycles. The SMILES string of the molecule is CC(N)=S.S=C=S. The van der Waals surface area contributed by atoms with E-state index in [1.54, 1.807) is 6.92 Å². The highest BCUT2D eigenvalue weighted by Gasteiger charge is 1.54. The van der Waals surface area contributed by atoms with Crippen LogP contribution in [-0.4, -0.2) is 9.30 Å². The molecular formula is C3H5NS3. The average molecular weight is 151 g/mol. The molecule has 0 bridgehead atoms. The molecule has 40 valence electrons. The Balaban J connectivity index is 0. The van der Waals surface area contributed by atoms with Crippen molar-refractivity contribution in [2.24, 2.45) is 5.73 Å². The molecule has 0 aromatic rings. The Hall–Kier alpha value is 0.110. The van der Waals surface area contributed by atoms with E-state index in [4.69, 9.17) is 5.73 Å². The van der Waals surface area contributed by atoms with E-state index in [-0.39, 0.29) is 0 Å². The topological polar surface area (TPSA) is 26.0 Å². The number of nitrogens with two attached hydrogens (primary N) is 1. The molecular weight excluding hydrogens is 146 g/mol. The molecule has 0 saturated heterocycles. The first-order valence-corrected chi connectivity index (χ1v) is 2.63. The summed E-state index contributed by atoms with van der Waals surface area (Å²) in [5.41, 5.74) is 4.84. The minimum absolute atomic E-state index is 0.500. The third-order valence-electron chi connectivity index (χ3n) is 0. The average Bonchev–Trinajstić information content (AvgIpc) is 1.33. The molecule has 0 saturated carbocycles. The molecule has 0 rings (SSSR count).